The summed E-state index contributed by atoms with van der Waals surface area (Å²) in [6, 6.07) is 10.0. The molecule has 4 nitrogen and oxygen atoms in total. The lowest BCUT2D eigenvalue weighted by molar-refractivity contribution is 0.0165. The first-order valence-electron chi connectivity index (χ1n) is 7.87. The van der Waals surface area contributed by atoms with E-state index in [9.17, 15) is 10.1 Å². The van der Waals surface area contributed by atoms with E-state index in [1.807, 2.05) is 45.0 Å². The van der Waals surface area contributed by atoms with Gasteiger partial charge >= 0.3 is 6.09 Å². The molecule has 0 spiro atoms. The minimum atomic E-state index is -0.495. The van der Waals surface area contributed by atoms with Gasteiger partial charge in [0.15, 0.2) is 0 Å². The highest BCUT2D eigenvalue weighted by Gasteiger charge is 2.38. The number of halogens is 1. The van der Waals surface area contributed by atoms with Gasteiger partial charge in [0, 0.05) is 29.9 Å². The Labute approximate surface area is 143 Å². The topological polar surface area (TPSA) is 53.3 Å². The Morgan fingerprint density at radius 3 is 2.57 bits per heavy atom. The molecule has 1 saturated heterocycles. The number of nitrogens with zero attached hydrogens (tertiary/aromatic N) is 2. The van der Waals surface area contributed by atoms with Crippen LogP contribution in [0.15, 0.2) is 24.3 Å². The fraction of sp³-hybridized carbons (Fsp3) is 0.556. The summed E-state index contributed by atoms with van der Waals surface area (Å²) in [6.07, 6.45) is 1.62. The number of ether oxygens (including phenoxy) is 1. The number of piperidine rings is 1. The Kier molecular flexibility index (Phi) is 5.21. The summed E-state index contributed by atoms with van der Waals surface area (Å²) in [5, 5.41) is 9.93. The van der Waals surface area contributed by atoms with Crippen LogP contribution in [-0.2, 0) is 10.2 Å². The van der Waals surface area contributed by atoms with Crippen LogP contribution < -0.4 is 0 Å². The van der Waals surface area contributed by atoms with Crippen LogP contribution in [0.1, 0.15) is 45.6 Å². The zero-order chi connectivity index (χ0) is 17.1. The fourth-order valence-corrected chi connectivity index (χ4v) is 3.17. The number of likely N-dealkylation sites (tertiary alicyclic amines) is 1. The first kappa shape index (κ1) is 17.6. The van der Waals surface area contributed by atoms with Crippen molar-refractivity contribution in [3.8, 4) is 6.07 Å². The maximum Gasteiger partial charge on any atom is 0.410 e. The molecule has 0 aliphatic carbocycles. The summed E-state index contributed by atoms with van der Waals surface area (Å²) in [5.74, 6) is 0. The molecule has 1 fully saturated rings. The van der Waals surface area contributed by atoms with E-state index in [-0.39, 0.29) is 11.5 Å². The van der Waals surface area contributed by atoms with Gasteiger partial charge in [0.05, 0.1) is 6.07 Å². The summed E-state index contributed by atoms with van der Waals surface area (Å²) in [5.41, 5.74) is 0.346. The van der Waals surface area contributed by atoms with Gasteiger partial charge in [0.2, 0.25) is 0 Å². The van der Waals surface area contributed by atoms with Crippen LogP contribution in [0.25, 0.3) is 0 Å². The standard InChI is InChI=1S/C18H23ClN2O2/c1-17(2,3)23-16(22)21-11-8-18(7-10-20,9-12-21)14-5-4-6-15(19)13-14/h4-6,13H,7-9,11-12H2,1-3H3. The third-order valence-corrected chi connectivity index (χ3v) is 4.46. The monoisotopic (exact) mass is 334 g/mol. The molecule has 0 atom stereocenters. The Bertz CT molecular complexity index is 608. The highest BCUT2D eigenvalue weighted by molar-refractivity contribution is 6.30. The lowest BCUT2D eigenvalue weighted by atomic mass is 9.71. The van der Waals surface area contributed by atoms with Gasteiger partial charge in [0.25, 0.3) is 0 Å². The van der Waals surface area contributed by atoms with Crippen molar-refractivity contribution in [1.82, 2.24) is 4.90 Å². The molecule has 2 rings (SSSR count). The lowest BCUT2D eigenvalue weighted by Crippen LogP contribution is -2.46. The van der Waals surface area contributed by atoms with Crippen molar-refractivity contribution in [1.29, 1.82) is 5.26 Å². The minimum absolute atomic E-state index is 0.238. The first-order valence-corrected chi connectivity index (χ1v) is 8.24. The summed E-state index contributed by atoms with van der Waals surface area (Å²) in [4.78, 5) is 13.9. The Morgan fingerprint density at radius 2 is 2.04 bits per heavy atom. The highest BCUT2D eigenvalue weighted by Crippen LogP contribution is 2.39. The van der Waals surface area contributed by atoms with E-state index >= 15 is 0 Å². The highest BCUT2D eigenvalue weighted by atomic mass is 35.5. The van der Waals surface area contributed by atoms with Crippen LogP contribution in [0.5, 0.6) is 0 Å². The molecule has 0 unspecified atom stereocenters. The van der Waals surface area contributed by atoms with E-state index in [0.29, 0.717) is 24.5 Å². The number of hydrogen-bond acceptors (Lipinski definition) is 3. The molecule has 1 amide bonds. The molecule has 0 bridgehead atoms. The normalized spacial score (nSPS) is 17.4. The van der Waals surface area contributed by atoms with Crippen molar-refractivity contribution in [2.45, 2.75) is 51.0 Å². The zero-order valence-electron chi connectivity index (χ0n) is 13.9. The molecule has 0 saturated carbocycles. The van der Waals surface area contributed by atoms with E-state index in [1.165, 1.54) is 0 Å². The van der Waals surface area contributed by atoms with Crippen LogP contribution in [0.2, 0.25) is 5.02 Å². The molecular formula is C18H23ClN2O2. The minimum Gasteiger partial charge on any atom is -0.444 e. The van der Waals surface area contributed by atoms with Crippen molar-refractivity contribution in [3.63, 3.8) is 0 Å². The average Bonchev–Trinajstić information content (AvgIpc) is 2.46. The molecule has 5 heteroatoms. The second-order valence-corrected chi connectivity index (χ2v) is 7.53. The van der Waals surface area contributed by atoms with Crippen molar-refractivity contribution < 1.29 is 9.53 Å². The predicted molar refractivity (Wildman–Crippen MR) is 90.4 cm³/mol. The number of amides is 1. The van der Waals surface area contributed by atoms with Gasteiger partial charge in [0.1, 0.15) is 5.60 Å². The number of benzene rings is 1. The summed E-state index contributed by atoms with van der Waals surface area (Å²) >= 11 is 6.11. The second-order valence-electron chi connectivity index (χ2n) is 7.09. The van der Waals surface area contributed by atoms with Crippen LogP contribution >= 0.6 is 11.6 Å². The first-order chi connectivity index (χ1) is 10.8. The van der Waals surface area contributed by atoms with Crippen LogP contribution in [0.4, 0.5) is 4.79 Å². The van der Waals surface area contributed by atoms with Crippen LogP contribution in [0, 0.1) is 11.3 Å². The molecule has 23 heavy (non-hydrogen) atoms. The number of carbonyl (C=O) groups excluding carboxylic acids is 1. The number of carbonyl (C=O) groups is 1. The Hall–Kier alpha value is -1.73. The van der Waals surface area contributed by atoms with Crippen LogP contribution in [-0.4, -0.2) is 29.7 Å². The fourth-order valence-electron chi connectivity index (χ4n) is 2.98. The van der Waals surface area contributed by atoms with Crippen molar-refractivity contribution in [2.75, 3.05) is 13.1 Å². The van der Waals surface area contributed by atoms with Crippen molar-refractivity contribution in [3.05, 3.63) is 34.9 Å². The Balaban J connectivity index is 2.12. The quantitative estimate of drug-likeness (QED) is 0.798. The SMILES string of the molecule is CC(C)(C)OC(=O)N1CCC(CC#N)(c2cccc(Cl)c2)CC1. The molecule has 0 aromatic heterocycles. The maximum absolute atomic E-state index is 12.2. The van der Waals surface area contributed by atoms with Gasteiger partial charge < -0.3 is 9.64 Å². The molecular weight excluding hydrogens is 312 g/mol. The number of rotatable bonds is 2. The molecule has 124 valence electrons. The lowest BCUT2D eigenvalue weighted by Gasteiger charge is -2.41. The molecule has 1 aliphatic heterocycles. The molecule has 1 aromatic carbocycles. The molecule has 0 N–H and O–H groups in total. The Morgan fingerprint density at radius 1 is 1.39 bits per heavy atom. The van der Waals surface area contributed by atoms with Gasteiger partial charge in [-0.25, -0.2) is 4.79 Å². The number of nitriles is 1. The zero-order valence-corrected chi connectivity index (χ0v) is 14.7. The molecule has 0 radical (unpaired) electrons. The van der Waals surface area contributed by atoms with E-state index in [4.69, 9.17) is 16.3 Å². The van der Waals surface area contributed by atoms with E-state index < -0.39 is 5.60 Å². The van der Waals surface area contributed by atoms with Gasteiger partial charge in [-0.15, -0.1) is 0 Å². The van der Waals surface area contributed by atoms with Gasteiger partial charge in [-0.2, -0.15) is 5.26 Å². The number of hydrogen-bond donors (Lipinski definition) is 0. The van der Waals surface area contributed by atoms with E-state index in [0.717, 1.165) is 18.4 Å². The second kappa shape index (κ2) is 6.80. The van der Waals surface area contributed by atoms with Gasteiger partial charge in [-0.1, -0.05) is 23.7 Å². The maximum atomic E-state index is 12.2. The van der Waals surface area contributed by atoms with Crippen molar-refractivity contribution in [2.24, 2.45) is 0 Å². The third kappa shape index (κ3) is 4.39. The van der Waals surface area contributed by atoms with Crippen molar-refractivity contribution >= 4 is 17.7 Å². The summed E-state index contributed by atoms with van der Waals surface area (Å²) in [7, 11) is 0. The van der Waals surface area contributed by atoms with E-state index in [1.54, 1.807) is 4.90 Å². The van der Waals surface area contributed by atoms with Gasteiger partial charge in [-0.3, -0.25) is 0 Å². The van der Waals surface area contributed by atoms with Crippen LogP contribution in [0.3, 0.4) is 0 Å². The average molecular weight is 335 g/mol. The summed E-state index contributed by atoms with van der Waals surface area (Å²) in [6.45, 7) is 6.76. The molecule has 1 aliphatic rings. The summed E-state index contributed by atoms with van der Waals surface area (Å²) < 4.78 is 5.43. The smallest absolute Gasteiger partial charge is 0.410 e. The van der Waals surface area contributed by atoms with E-state index in [2.05, 4.69) is 6.07 Å². The third-order valence-electron chi connectivity index (χ3n) is 4.23. The van der Waals surface area contributed by atoms with Gasteiger partial charge in [-0.05, 0) is 51.3 Å². The molecule has 1 heterocycles. The molecule has 1 aromatic rings. The predicted octanol–water partition coefficient (Wildman–Crippen LogP) is 4.52. The largest absolute Gasteiger partial charge is 0.444 e.